The highest BCUT2D eigenvalue weighted by molar-refractivity contribution is 7.19. The number of nitrogens with zero attached hydrogens (tertiary/aromatic N) is 2. The fourth-order valence-electron chi connectivity index (χ4n) is 1.13. The third kappa shape index (κ3) is 2.24. The zero-order valence-electron chi connectivity index (χ0n) is 7.77. The van der Waals surface area contributed by atoms with Gasteiger partial charge in [0.1, 0.15) is 5.00 Å². The Kier molecular flexibility index (Phi) is 2.52. The fourth-order valence-corrected chi connectivity index (χ4v) is 1.74. The quantitative estimate of drug-likeness (QED) is 0.808. The molecule has 74 valence electrons. The fraction of sp³-hybridized carbons (Fsp3) is 0. The van der Waals surface area contributed by atoms with Crippen LogP contribution in [0.2, 0.25) is 0 Å². The van der Waals surface area contributed by atoms with Crippen molar-refractivity contribution in [3.05, 3.63) is 36.0 Å². The van der Waals surface area contributed by atoms with Gasteiger partial charge in [0.05, 0.1) is 17.8 Å². The summed E-state index contributed by atoms with van der Waals surface area (Å²) >= 11 is 1.37. The lowest BCUT2D eigenvalue weighted by atomic mass is 10.2. The second-order valence-corrected chi connectivity index (χ2v) is 3.95. The van der Waals surface area contributed by atoms with Crippen LogP contribution >= 0.6 is 11.3 Å². The van der Waals surface area contributed by atoms with Crippen molar-refractivity contribution in [1.82, 2.24) is 4.98 Å². The summed E-state index contributed by atoms with van der Waals surface area (Å²) in [5, 5.41) is 13.2. The molecule has 0 aliphatic rings. The van der Waals surface area contributed by atoms with Crippen LogP contribution in [0.5, 0.6) is 0 Å². The first-order valence-corrected chi connectivity index (χ1v) is 5.08. The van der Waals surface area contributed by atoms with Gasteiger partial charge in [0.2, 0.25) is 0 Å². The predicted octanol–water partition coefficient (Wildman–Crippen LogP) is 2.34. The Hall–Kier alpha value is -2.06. The van der Waals surface area contributed by atoms with Crippen molar-refractivity contribution in [2.75, 3.05) is 11.1 Å². The summed E-state index contributed by atoms with van der Waals surface area (Å²) in [6.07, 6.45) is 1.60. The molecule has 0 saturated heterocycles. The molecule has 0 saturated carbocycles. The van der Waals surface area contributed by atoms with Gasteiger partial charge < -0.3 is 11.1 Å². The van der Waals surface area contributed by atoms with Gasteiger partial charge in [0.15, 0.2) is 5.13 Å². The van der Waals surface area contributed by atoms with E-state index in [1.165, 1.54) is 11.3 Å². The first-order chi connectivity index (χ1) is 7.28. The van der Waals surface area contributed by atoms with Crippen molar-refractivity contribution in [3.63, 3.8) is 0 Å². The third-order valence-corrected chi connectivity index (χ3v) is 2.51. The van der Waals surface area contributed by atoms with Gasteiger partial charge in [-0.15, -0.1) is 0 Å². The Bertz CT molecular complexity index is 512. The standard InChI is InChI=1S/C10H8N4S/c11-5-7-2-1-3-8(4-7)14-10-13-6-9(12)15-10/h1-4,6H,12H2,(H,13,14). The molecule has 4 nitrogen and oxygen atoms in total. The van der Waals surface area contributed by atoms with Crippen molar-refractivity contribution in [1.29, 1.82) is 5.26 Å². The Labute approximate surface area is 91.0 Å². The van der Waals surface area contributed by atoms with E-state index in [0.717, 1.165) is 10.8 Å². The monoisotopic (exact) mass is 216 g/mol. The number of hydrogen-bond donors (Lipinski definition) is 2. The van der Waals surface area contributed by atoms with Crippen LogP contribution in [-0.2, 0) is 0 Å². The Morgan fingerprint density at radius 1 is 1.47 bits per heavy atom. The Morgan fingerprint density at radius 2 is 2.33 bits per heavy atom. The molecule has 1 aromatic carbocycles. The Morgan fingerprint density at radius 3 is 3.00 bits per heavy atom. The zero-order valence-corrected chi connectivity index (χ0v) is 8.58. The van der Waals surface area contributed by atoms with Crippen LogP contribution in [0.25, 0.3) is 0 Å². The minimum absolute atomic E-state index is 0.615. The maximum atomic E-state index is 8.72. The molecule has 2 rings (SSSR count). The molecule has 0 amide bonds. The summed E-state index contributed by atoms with van der Waals surface area (Å²) in [6.45, 7) is 0. The van der Waals surface area contributed by atoms with E-state index in [0.29, 0.717) is 10.6 Å². The van der Waals surface area contributed by atoms with E-state index in [1.54, 1.807) is 18.3 Å². The summed E-state index contributed by atoms with van der Waals surface area (Å²) < 4.78 is 0. The molecule has 0 aliphatic carbocycles. The van der Waals surface area contributed by atoms with Crippen molar-refractivity contribution >= 4 is 27.2 Å². The number of nitriles is 1. The van der Waals surface area contributed by atoms with Gasteiger partial charge in [-0.25, -0.2) is 4.98 Å². The number of nitrogen functional groups attached to an aromatic ring is 1. The number of aromatic nitrogens is 1. The summed E-state index contributed by atoms with van der Waals surface area (Å²) in [5.74, 6) is 0. The van der Waals surface area contributed by atoms with Crippen molar-refractivity contribution in [3.8, 4) is 6.07 Å². The molecule has 0 aliphatic heterocycles. The van der Waals surface area contributed by atoms with Crippen LogP contribution in [0.1, 0.15) is 5.56 Å². The Balaban J connectivity index is 2.21. The summed E-state index contributed by atoms with van der Waals surface area (Å²) in [6, 6.07) is 9.28. The molecular weight excluding hydrogens is 208 g/mol. The van der Waals surface area contributed by atoms with Gasteiger partial charge in [-0.2, -0.15) is 5.26 Å². The van der Waals surface area contributed by atoms with E-state index in [9.17, 15) is 0 Å². The maximum Gasteiger partial charge on any atom is 0.189 e. The highest BCUT2D eigenvalue weighted by Gasteiger charge is 1.99. The zero-order chi connectivity index (χ0) is 10.7. The summed E-state index contributed by atoms with van der Waals surface area (Å²) in [7, 11) is 0. The summed E-state index contributed by atoms with van der Waals surface area (Å²) in [4.78, 5) is 4.07. The molecule has 0 spiro atoms. The molecule has 2 aromatic rings. The van der Waals surface area contributed by atoms with Gasteiger partial charge in [-0.3, -0.25) is 0 Å². The number of benzene rings is 1. The third-order valence-electron chi connectivity index (χ3n) is 1.77. The molecule has 0 fully saturated rings. The lowest BCUT2D eigenvalue weighted by Gasteiger charge is -2.01. The highest BCUT2D eigenvalue weighted by atomic mass is 32.1. The smallest absolute Gasteiger partial charge is 0.189 e. The highest BCUT2D eigenvalue weighted by Crippen LogP contribution is 2.23. The average Bonchev–Trinajstić information content (AvgIpc) is 2.64. The molecule has 0 unspecified atom stereocenters. The number of anilines is 3. The largest absolute Gasteiger partial charge is 0.389 e. The summed E-state index contributed by atoms with van der Waals surface area (Å²) in [5.41, 5.74) is 7.00. The van der Waals surface area contributed by atoms with Gasteiger partial charge in [-0.05, 0) is 18.2 Å². The van der Waals surface area contributed by atoms with Crippen molar-refractivity contribution in [2.45, 2.75) is 0 Å². The first kappa shape index (κ1) is 9.49. The van der Waals surface area contributed by atoms with Crippen LogP contribution < -0.4 is 11.1 Å². The lowest BCUT2D eigenvalue weighted by molar-refractivity contribution is 1.39. The van der Waals surface area contributed by atoms with Crippen LogP contribution in [0, 0.1) is 11.3 Å². The molecule has 0 radical (unpaired) electrons. The van der Waals surface area contributed by atoms with E-state index < -0.39 is 0 Å². The van der Waals surface area contributed by atoms with Crippen LogP contribution in [-0.4, -0.2) is 4.98 Å². The molecule has 5 heteroatoms. The van der Waals surface area contributed by atoms with Crippen LogP contribution in [0.15, 0.2) is 30.5 Å². The molecule has 1 heterocycles. The van der Waals surface area contributed by atoms with E-state index in [1.807, 2.05) is 12.1 Å². The number of rotatable bonds is 2. The number of thiazole rings is 1. The van der Waals surface area contributed by atoms with E-state index in [-0.39, 0.29) is 0 Å². The van der Waals surface area contributed by atoms with Gasteiger partial charge in [0, 0.05) is 5.69 Å². The van der Waals surface area contributed by atoms with Gasteiger partial charge in [0.25, 0.3) is 0 Å². The maximum absolute atomic E-state index is 8.72. The molecule has 0 atom stereocenters. The molecule has 1 aromatic heterocycles. The van der Waals surface area contributed by atoms with E-state index >= 15 is 0 Å². The SMILES string of the molecule is N#Cc1cccc(Nc2ncc(N)s2)c1. The van der Waals surface area contributed by atoms with Crippen molar-refractivity contribution < 1.29 is 0 Å². The second-order valence-electron chi connectivity index (χ2n) is 2.89. The second kappa shape index (κ2) is 3.98. The van der Waals surface area contributed by atoms with Gasteiger partial charge in [-0.1, -0.05) is 17.4 Å². The lowest BCUT2D eigenvalue weighted by Crippen LogP contribution is -1.89. The minimum Gasteiger partial charge on any atom is -0.389 e. The van der Waals surface area contributed by atoms with Crippen LogP contribution in [0.4, 0.5) is 15.8 Å². The molecule has 0 bridgehead atoms. The predicted molar refractivity (Wildman–Crippen MR) is 61.0 cm³/mol. The average molecular weight is 216 g/mol. The molecule has 15 heavy (non-hydrogen) atoms. The first-order valence-electron chi connectivity index (χ1n) is 4.26. The number of hydrogen-bond acceptors (Lipinski definition) is 5. The van der Waals surface area contributed by atoms with E-state index in [4.69, 9.17) is 11.0 Å². The normalized spacial score (nSPS) is 9.53. The topological polar surface area (TPSA) is 74.7 Å². The van der Waals surface area contributed by atoms with Crippen molar-refractivity contribution in [2.24, 2.45) is 0 Å². The molecule has 3 N–H and O–H groups in total. The minimum atomic E-state index is 0.615. The van der Waals surface area contributed by atoms with Gasteiger partial charge >= 0.3 is 0 Å². The molecular formula is C10H8N4S. The number of nitrogens with two attached hydrogens (primary N) is 1. The number of nitrogens with one attached hydrogen (secondary N) is 1. The van der Waals surface area contributed by atoms with Crippen LogP contribution in [0.3, 0.4) is 0 Å². The van der Waals surface area contributed by atoms with E-state index in [2.05, 4.69) is 16.4 Å².